The molecule has 5 heteroatoms. The van der Waals surface area contributed by atoms with Gasteiger partial charge in [0.15, 0.2) is 0 Å². The van der Waals surface area contributed by atoms with Crippen molar-refractivity contribution in [1.29, 1.82) is 0 Å². The van der Waals surface area contributed by atoms with Crippen LogP contribution in [0.5, 0.6) is 0 Å². The molecule has 1 aliphatic heterocycles. The maximum absolute atomic E-state index is 10.9. The van der Waals surface area contributed by atoms with Gasteiger partial charge in [-0.05, 0) is 6.07 Å². The Balaban J connectivity index is 2.44. The molecule has 0 N–H and O–H groups in total. The number of likely N-dealkylation sites (N-methyl/N-ethyl adjacent to an activating group) is 1. The Morgan fingerprint density at radius 1 is 1.44 bits per heavy atom. The zero-order valence-electron chi connectivity index (χ0n) is 9.42. The second-order valence-electron chi connectivity index (χ2n) is 4.54. The van der Waals surface area contributed by atoms with Gasteiger partial charge in [-0.15, -0.1) is 0 Å². The highest BCUT2D eigenvalue weighted by molar-refractivity contribution is 5.40. The lowest BCUT2D eigenvalue weighted by Crippen LogP contribution is -2.39. The number of nitro benzene ring substituents is 1. The number of rotatable bonds is 2. The Morgan fingerprint density at radius 3 is 2.69 bits per heavy atom. The molecule has 0 radical (unpaired) electrons. The lowest BCUT2D eigenvalue weighted by Gasteiger charge is -2.29. The van der Waals surface area contributed by atoms with Crippen LogP contribution in [-0.4, -0.2) is 36.7 Å². The Bertz CT molecular complexity index is 417. The van der Waals surface area contributed by atoms with Crippen LogP contribution in [-0.2, 0) is 4.74 Å². The van der Waals surface area contributed by atoms with Crippen molar-refractivity contribution in [2.24, 2.45) is 0 Å². The smallest absolute Gasteiger partial charge is 0.281 e. The Labute approximate surface area is 94.0 Å². The van der Waals surface area contributed by atoms with Gasteiger partial charge in [0.2, 0.25) is 6.23 Å². The lowest BCUT2D eigenvalue weighted by molar-refractivity contribution is -0.921. The van der Waals surface area contributed by atoms with Crippen LogP contribution in [0, 0.1) is 10.1 Å². The average Bonchev–Trinajstić information content (AvgIpc) is 2.58. The molecule has 0 spiro atoms. The van der Waals surface area contributed by atoms with Crippen molar-refractivity contribution < 1.29 is 14.1 Å². The van der Waals surface area contributed by atoms with Crippen molar-refractivity contribution in [3.05, 3.63) is 39.9 Å². The number of para-hydroxylation sites is 1. The molecule has 86 valence electrons. The van der Waals surface area contributed by atoms with Gasteiger partial charge < -0.3 is 4.74 Å². The average molecular weight is 223 g/mol. The molecule has 0 saturated carbocycles. The van der Waals surface area contributed by atoms with Crippen LogP contribution in [0.3, 0.4) is 0 Å². The van der Waals surface area contributed by atoms with Crippen LogP contribution in [0.25, 0.3) is 0 Å². The van der Waals surface area contributed by atoms with E-state index in [-0.39, 0.29) is 16.8 Å². The Kier molecular flexibility index (Phi) is 2.65. The summed E-state index contributed by atoms with van der Waals surface area (Å²) in [5, 5.41) is 10.9. The van der Waals surface area contributed by atoms with Gasteiger partial charge >= 0.3 is 0 Å². The number of nitrogens with zero attached hydrogens (tertiary/aromatic N) is 2. The predicted octanol–water partition coefficient (Wildman–Crippen LogP) is 1.70. The predicted molar refractivity (Wildman–Crippen MR) is 58.8 cm³/mol. The minimum absolute atomic E-state index is 0.139. The molecule has 1 aromatic carbocycles. The van der Waals surface area contributed by atoms with E-state index in [9.17, 15) is 10.1 Å². The standard InChI is InChI=1S/C11H15N2O3/c1-13(2)7-8-16-11(13)9-5-3-4-6-10(9)12(14)15/h3-6,11H,7-8H2,1-2H3/q+1. The highest BCUT2D eigenvalue weighted by Crippen LogP contribution is 2.35. The van der Waals surface area contributed by atoms with Gasteiger partial charge in [-0.25, -0.2) is 0 Å². The summed E-state index contributed by atoms with van der Waals surface area (Å²) in [7, 11) is 4.04. The summed E-state index contributed by atoms with van der Waals surface area (Å²) in [6, 6.07) is 6.78. The molecular formula is C11H15N2O3+. The van der Waals surface area contributed by atoms with Gasteiger partial charge in [-0.3, -0.25) is 14.6 Å². The van der Waals surface area contributed by atoms with Crippen molar-refractivity contribution in [3.63, 3.8) is 0 Å². The van der Waals surface area contributed by atoms with Crippen LogP contribution in [0.1, 0.15) is 11.8 Å². The molecule has 5 nitrogen and oxygen atoms in total. The van der Waals surface area contributed by atoms with Crippen molar-refractivity contribution >= 4 is 5.69 Å². The minimum Gasteiger partial charge on any atom is -0.319 e. The van der Waals surface area contributed by atoms with Gasteiger partial charge in [0.1, 0.15) is 18.7 Å². The fraction of sp³-hybridized carbons (Fsp3) is 0.455. The third-order valence-corrected chi connectivity index (χ3v) is 2.98. The molecule has 0 aromatic heterocycles. The van der Waals surface area contributed by atoms with Crippen LogP contribution in [0.4, 0.5) is 5.69 Å². The second kappa shape index (κ2) is 3.84. The van der Waals surface area contributed by atoms with Gasteiger partial charge in [-0.2, -0.15) is 0 Å². The summed E-state index contributed by atoms with van der Waals surface area (Å²) < 4.78 is 6.24. The van der Waals surface area contributed by atoms with Gasteiger partial charge in [0.25, 0.3) is 5.69 Å². The fourth-order valence-electron chi connectivity index (χ4n) is 2.05. The maximum Gasteiger partial charge on any atom is 0.281 e. The molecule has 16 heavy (non-hydrogen) atoms. The first-order valence-corrected chi connectivity index (χ1v) is 5.20. The third kappa shape index (κ3) is 1.79. The third-order valence-electron chi connectivity index (χ3n) is 2.98. The van der Waals surface area contributed by atoms with Crippen molar-refractivity contribution in [1.82, 2.24) is 0 Å². The van der Waals surface area contributed by atoms with E-state index in [0.717, 1.165) is 6.54 Å². The van der Waals surface area contributed by atoms with Crippen molar-refractivity contribution in [2.75, 3.05) is 27.2 Å². The van der Waals surface area contributed by atoms with E-state index >= 15 is 0 Å². The zero-order valence-corrected chi connectivity index (χ0v) is 9.42. The monoisotopic (exact) mass is 223 g/mol. The summed E-state index contributed by atoms with van der Waals surface area (Å²) in [5.74, 6) is 0. The number of ether oxygens (including phenoxy) is 1. The zero-order chi connectivity index (χ0) is 11.8. The van der Waals surface area contributed by atoms with E-state index < -0.39 is 0 Å². The number of nitro groups is 1. The molecule has 2 rings (SSSR count). The van der Waals surface area contributed by atoms with E-state index in [1.54, 1.807) is 12.1 Å². The number of hydrogen-bond donors (Lipinski definition) is 0. The molecule has 1 heterocycles. The molecular weight excluding hydrogens is 208 g/mol. The molecule has 1 unspecified atom stereocenters. The van der Waals surface area contributed by atoms with Gasteiger partial charge in [0, 0.05) is 6.07 Å². The normalized spacial score (nSPS) is 23.2. The Hall–Kier alpha value is -1.46. The topological polar surface area (TPSA) is 52.4 Å². The van der Waals surface area contributed by atoms with E-state index in [0.29, 0.717) is 16.7 Å². The minimum atomic E-state index is -0.350. The van der Waals surface area contributed by atoms with Crippen LogP contribution >= 0.6 is 0 Å². The maximum atomic E-state index is 10.9. The summed E-state index contributed by atoms with van der Waals surface area (Å²) in [4.78, 5) is 10.6. The van der Waals surface area contributed by atoms with Crippen LogP contribution in [0.2, 0.25) is 0 Å². The SMILES string of the molecule is C[N+]1(C)CCOC1c1ccccc1[N+](=O)[O-]. The highest BCUT2D eigenvalue weighted by Gasteiger charge is 2.40. The first kappa shape index (κ1) is 11.0. The molecule has 0 amide bonds. The Morgan fingerprint density at radius 2 is 2.12 bits per heavy atom. The molecule has 1 aliphatic rings. The number of quaternary nitrogens is 1. The van der Waals surface area contributed by atoms with Gasteiger partial charge in [0.05, 0.1) is 19.0 Å². The summed E-state index contributed by atoms with van der Waals surface area (Å²) in [6.07, 6.45) is -0.235. The van der Waals surface area contributed by atoms with Crippen molar-refractivity contribution in [2.45, 2.75) is 6.23 Å². The second-order valence-corrected chi connectivity index (χ2v) is 4.54. The summed E-state index contributed by atoms with van der Waals surface area (Å²) in [6.45, 7) is 1.51. The lowest BCUT2D eigenvalue weighted by atomic mass is 10.1. The first-order chi connectivity index (χ1) is 7.52. The van der Waals surface area contributed by atoms with E-state index in [4.69, 9.17) is 4.74 Å². The number of benzene rings is 1. The first-order valence-electron chi connectivity index (χ1n) is 5.20. The molecule has 1 atom stereocenters. The van der Waals surface area contributed by atoms with E-state index in [2.05, 4.69) is 0 Å². The molecule has 0 bridgehead atoms. The molecule has 1 fully saturated rings. The summed E-state index contributed by atoms with van der Waals surface area (Å²) in [5.41, 5.74) is 0.801. The van der Waals surface area contributed by atoms with Crippen LogP contribution in [0.15, 0.2) is 24.3 Å². The largest absolute Gasteiger partial charge is 0.319 e. The van der Waals surface area contributed by atoms with Gasteiger partial charge in [-0.1, -0.05) is 12.1 Å². The summed E-state index contributed by atoms with van der Waals surface area (Å²) >= 11 is 0. The van der Waals surface area contributed by atoms with Crippen LogP contribution < -0.4 is 0 Å². The molecule has 0 aliphatic carbocycles. The molecule has 1 saturated heterocycles. The van der Waals surface area contributed by atoms with E-state index in [1.165, 1.54) is 6.07 Å². The fourth-order valence-corrected chi connectivity index (χ4v) is 2.05. The van der Waals surface area contributed by atoms with Crippen molar-refractivity contribution in [3.8, 4) is 0 Å². The van der Waals surface area contributed by atoms with E-state index in [1.807, 2.05) is 20.2 Å². The highest BCUT2D eigenvalue weighted by atomic mass is 16.6. The molecule has 1 aromatic rings. The number of hydrogen-bond acceptors (Lipinski definition) is 3. The quantitative estimate of drug-likeness (QED) is 0.435.